The first kappa shape index (κ1) is 13.8. The number of aliphatic carboxylic acids is 1. The van der Waals surface area contributed by atoms with E-state index in [1.54, 1.807) is 11.8 Å². The fraction of sp³-hybridized carbons (Fsp3) is 0.909. The van der Waals surface area contributed by atoms with Crippen LogP contribution in [0.25, 0.3) is 0 Å². The molecule has 0 aliphatic heterocycles. The molecule has 0 unspecified atom stereocenters. The first-order valence-corrected chi connectivity index (χ1v) is 7.26. The molecule has 0 heterocycles. The van der Waals surface area contributed by atoms with E-state index in [-0.39, 0.29) is 0 Å². The van der Waals surface area contributed by atoms with Crippen molar-refractivity contribution >= 4 is 17.7 Å². The van der Waals surface area contributed by atoms with E-state index in [2.05, 4.69) is 5.32 Å². The standard InChI is InChI=1S/C11H22N2O2S/c1-16-7-6-10(11(14)15)13-9-4-2-8(12)3-5-9/h8-10,13H,2-7,12H2,1H3,(H,14,15)/t8?,9?,10-/m0/s1. The molecular formula is C11H22N2O2S. The molecule has 5 heteroatoms. The summed E-state index contributed by atoms with van der Waals surface area (Å²) in [7, 11) is 0. The van der Waals surface area contributed by atoms with Gasteiger partial charge in [-0.25, -0.2) is 0 Å². The fourth-order valence-electron chi connectivity index (χ4n) is 2.08. The Hall–Kier alpha value is -0.260. The number of carbonyl (C=O) groups is 1. The van der Waals surface area contributed by atoms with Crippen molar-refractivity contribution in [2.75, 3.05) is 12.0 Å². The van der Waals surface area contributed by atoms with Gasteiger partial charge in [-0.05, 0) is 44.1 Å². The van der Waals surface area contributed by atoms with Crippen molar-refractivity contribution in [3.8, 4) is 0 Å². The van der Waals surface area contributed by atoms with Crippen LogP contribution in [0.3, 0.4) is 0 Å². The Morgan fingerprint density at radius 2 is 2.12 bits per heavy atom. The lowest BCUT2D eigenvalue weighted by atomic mass is 9.91. The molecule has 1 atom stereocenters. The molecule has 1 fully saturated rings. The summed E-state index contributed by atoms with van der Waals surface area (Å²) >= 11 is 1.69. The average molecular weight is 246 g/mol. The lowest BCUT2D eigenvalue weighted by molar-refractivity contribution is -0.139. The normalized spacial score (nSPS) is 27.6. The van der Waals surface area contributed by atoms with Gasteiger partial charge < -0.3 is 16.2 Å². The molecule has 0 spiro atoms. The zero-order valence-corrected chi connectivity index (χ0v) is 10.6. The largest absolute Gasteiger partial charge is 0.480 e. The van der Waals surface area contributed by atoms with Gasteiger partial charge in [0.05, 0.1) is 0 Å². The highest BCUT2D eigenvalue weighted by molar-refractivity contribution is 7.98. The second-order valence-electron chi connectivity index (χ2n) is 4.45. The molecular weight excluding hydrogens is 224 g/mol. The second kappa shape index (κ2) is 7.14. The van der Waals surface area contributed by atoms with Crippen LogP contribution in [0.1, 0.15) is 32.1 Å². The zero-order valence-electron chi connectivity index (χ0n) is 9.82. The van der Waals surface area contributed by atoms with E-state index < -0.39 is 12.0 Å². The molecule has 1 rings (SSSR count). The second-order valence-corrected chi connectivity index (χ2v) is 5.44. The molecule has 16 heavy (non-hydrogen) atoms. The van der Waals surface area contributed by atoms with Crippen LogP contribution in [0.4, 0.5) is 0 Å². The van der Waals surface area contributed by atoms with Crippen molar-refractivity contribution in [2.24, 2.45) is 5.73 Å². The lowest BCUT2D eigenvalue weighted by Crippen LogP contribution is -2.46. The maximum Gasteiger partial charge on any atom is 0.320 e. The average Bonchev–Trinajstić information content (AvgIpc) is 2.26. The molecule has 1 aliphatic carbocycles. The third kappa shape index (κ3) is 4.72. The predicted octanol–water partition coefficient (Wildman–Crippen LogP) is 1.05. The van der Waals surface area contributed by atoms with Crippen molar-refractivity contribution in [2.45, 2.75) is 50.2 Å². The van der Waals surface area contributed by atoms with Crippen molar-refractivity contribution in [3.05, 3.63) is 0 Å². The van der Waals surface area contributed by atoms with Crippen molar-refractivity contribution in [1.82, 2.24) is 5.32 Å². The van der Waals surface area contributed by atoms with Gasteiger partial charge in [0.25, 0.3) is 0 Å². The Bertz CT molecular complexity index is 218. The van der Waals surface area contributed by atoms with Gasteiger partial charge in [0, 0.05) is 12.1 Å². The zero-order chi connectivity index (χ0) is 12.0. The van der Waals surface area contributed by atoms with Crippen molar-refractivity contribution in [1.29, 1.82) is 0 Å². The number of nitrogens with one attached hydrogen (secondary N) is 1. The minimum atomic E-state index is -0.732. The van der Waals surface area contributed by atoms with E-state index in [4.69, 9.17) is 10.8 Å². The SMILES string of the molecule is CSCC[C@H](NC1CCC(N)CC1)C(=O)O. The van der Waals surface area contributed by atoms with Gasteiger partial charge in [0.2, 0.25) is 0 Å². The molecule has 4 nitrogen and oxygen atoms in total. The van der Waals surface area contributed by atoms with Crippen LogP contribution in [0.5, 0.6) is 0 Å². The molecule has 0 saturated heterocycles. The third-order valence-corrected chi connectivity index (χ3v) is 3.76. The molecule has 0 aromatic heterocycles. The van der Waals surface area contributed by atoms with Crippen LogP contribution < -0.4 is 11.1 Å². The third-order valence-electron chi connectivity index (χ3n) is 3.12. The first-order chi connectivity index (χ1) is 7.63. The topological polar surface area (TPSA) is 75.3 Å². The van der Waals surface area contributed by atoms with Gasteiger partial charge in [-0.3, -0.25) is 4.79 Å². The minimum absolute atomic E-state index is 0.313. The molecule has 1 aliphatic rings. The highest BCUT2D eigenvalue weighted by Crippen LogP contribution is 2.18. The molecule has 0 amide bonds. The predicted molar refractivity (Wildman–Crippen MR) is 67.8 cm³/mol. The van der Waals surface area contributed by atoms with Crippen LogP contribution in [0.15, 0.2) is 0 Å². The number of thioether (sulfide) groups is 1. The van der Waals surface area contributed by atoms with Crippen LogP contribution in [0, 0.1) is 0 Å². The molecule has 1 saturated carbocycles. The van der Waals surface area contributed by atoms with E-state index in [0.717, 1.165) is 31.4 Å². The Kier molecular flexibility index (Phi) is 6.16. The van der Waals surface area contributed by atoms with Gasteiger partial charge in [-0.2, -0.15) is 11.8 Å². The van der Waals surface area contributed by atoms with Gasteiger partial charge in [-0.1, -0.05) is 0 Å². The Balaban J connectivity index is 2.33. The Morgan fingerprint density at radius 3 is 2.62 bits per heavy atom. The summed E-state index contributed by atoms with van der Waals surface area (Å²) in [5.74, 6) is 0.153. The fourth-order valence-corrected chi connectivity index (χ4v) is 2.56. The van der Waals surface area contributed by atoms with E-state index >= 15 is 0 Å². The highest BCUT2D eigenvalue weighted by atomic mass is 32.2. The van der Waals surface area contributed by atoms with Gasteiger partial charge in [-0.15, -0.1) is 0 Å². The van der Waals surface area contributed by atoms with Gasteiger partial charge in [0.1, 0.15) is 6.04 Å². The summed E-state index contributed by atoms with van der Waals surface area (Å²) in [6.07, 6.45) is 6.71. The summed E-state index contributed by atoms with van der Waals surface area (Å²) in [5.41, 5.74) is 5.82. The van der Waals surface area contributed by atoms with Crippen LogP contribution in [0.2, 0.25) is 0 Å². The maximum atomic E-state index is 11.0. The summed E-state index contributed by atoms with van der Waals surface area (Å²) in [6, 6.07) is 0.252. The smallest absolute Gasteiger partial charge is 0.320 e. The van der Waals surface area contributed by atoms with Crippen LogP contribution in [-0.2, 0) is 4.79 Å². The molecule has 0 bridgehead atoms. The summed E-state index contributed by atoms with van der Waals surface area (Å²) in [4.78, 5) is 11.0. The Morgan fingerprint density at radius 1 is 1.50 bits per heavy atom. The summed E-state index contributed by atoms with van der Waals surface area (Å²) in [5, 5.41) is 12.3. The first-order valence-electron chi connectivity index (χ1n) is 5.87. The van der Waals surface area contributed by atoms with E-state index in [1.807, 2.05) is 6.26 Å². The molecule has 0 radical (unpaired) electrons. The van der Waals surface area contributed by atoms with Crippen LogP contribution in [-0.4, -0.2) is 41.2 Å². The monoisotopic (exact) mass is 246 g/mol. The molecule has 4 N–H and O–H groups in total. The number of hydrogen-bond donors (Lipinski definition) is 3. The number of rotatable bonds is 6. The highest BCUT2D eigenvalue weighted by Gasteiger charge is 2.24. The summed E-state index contributed by atoms with van der Waals surface area (Å²) < 4.78 is 0. The Labute approximate surface area is 101 Å². The van der Waals surface area contributed by atoms with E-state index in [1.165, 1.54) is 0 Å². The van der Waals surface area contributed by atoms with Gasteiger partial charge >= 0.3 is 5.97 Å². The van der Waals surface area contributed by atoms with E-state index in [0.29, 0.717) is 18.5 Å². The molecule has 0 aromatic rings. The van der Waals surface area contributed by atoms with E-state index in [9.17, 15) is 4.79 Å². The lowest BCUT2D eigenvalue weighted by Gasteiger charge is -2.29. The van der Waals surface area contributed by atoms with Crippen LogP contribution >= 0.6 is 11.8 Å². The molecule has 94 valence electrons. The minimum Gasteiger partial charge on any atom is -0.480 e. The number of nitrogens with two attached hydrogens (primary N) is 1. The molecule has 0 aromatic carbocycles. The van der Waals surface area contributed by atoms with Crippen molar-refractivity contribution in [3.63, 3.8) is 0 Å². The quantitative estimate of drug-likeness (QED) is 0.653. The number of carboxylic acids is 1. The summed E-state index contributed by atoms with van der Waals surface area (Å²) in [6.45, 7) is 0. The van der Waals surface area contributed by atoms with Gasteiger partial charge in [0.15, 0.2) is 0 Å². The number of carboxylic acid groups (broad SMARTS) is 1. The number of hydrogen-bond acceptors (Lipinski definition) is 4. The maximum absolute atomic E-state index is 11.0. The van der Waals surface area contributed by atoms with Crippen molar-refractivity contribution < 1.29 is 9.90 Å².